The minimum Gasteiger partial charge on any atom is -0.507 e. The number of hydrogen-bond donors (Lipinski definition) is 2. The molecule has 8 nitrogen and oxygen atoms in total. The molecule has 0 aliphatic carbocycles. The maximum Gasteiger partial charge on any atom is 0.301 e. The molecule has 1 atom stereocenters. The number of aliphatic hydroxyl groups excluding tert-OH is 1. The predicted octanol–water partition coefficient (Wildman–Crippen LogP) is 7.16. The van der Waals surface area contributed by atoms with Crippen LogP contribution in [0.15, 0.2) is 88.8 Å². The summed E-state index contributed by atoms with van der Waals surface area (Å²) in [4.78, 5) is 28.3. The van der Waals surface area contributed by atoms with E-state index in [2.05, 4.69) is 28.4 Å². The van der Waals surface area contributed by atoms with Crippen LogP contribution in [0, 0.1) is 12.7 Å². The Morgan fingerprint density at radius 3 is 2.64 bits per heavy atom. The van der Waals surface area contributed by atoms with E-state index >= 15 is 0 Å². The molecule has 2 N–H and O–H groups in total. The van der Waals surface area contributed by atoms with Crippen molar-refractivity contribution in [2.75, 3.05) is 11.5 Å². The van der Waals surface area contributed by atoms with Crippen LogP contribution in [0.3, 0.4) is 0 Å². The molecule has 6 rings (SSSR count). The Bertz CT molecular complexity index is 1950. The van der Waals surface area contributed by atoms with Gasteiger partial charge in [-0.2, -0.15) is 0 Å². The summed E-state index contributed by atoms with van der Waals surface area (Å²) in [6, 6.07) is 21.5. The molecule has 0 spiro atoms. The molecule has 5 aromatic rings. The van der Waals surface area contributed by atoms with Crippen LogP contribution >= 0.6 is 23.1 Å². The van der Waals surface area contributed by atoms with Crippen LogP contribution in [0.1, 0.15) is 35.2 Å². The number of aliphatic hydroxyl groups is 1. The molecule has 0 bridgehead atoms. The molecule has 0 saturated carbocycles. The highest BCUT2D eigenvalue weighted by Gasteiger charge is 2.48. The summed E-state index contributed by atoms with van der Waals surface area (Å²) >= 11 is 2.59. The fourth-order valence-corrected chi connectivity index (χ4v) is 7.00. The number of nitrogens with zero attached hydrogens (tertiary/aromatic N) is 3. The number of Topliss-reactive ketones (excluding diaryl/α,β-unsaturated/α-hetero) is 1. The van der Waals surface area contributed by atoms with E-state index in [9.17, 15) is 24.2 Å². The summed E-state index contributed by atoms with van der Waals surface area (Å²) in [5.74, 6) is -2.36. The molecule has 1 aliphatic rings. The Hall–Kier alpha value is -4.74. The largest absolute Gasteiger partial charge is 0.507 e. The molecule has 1 saturated heterocycles. The first kappa shape index (κ1) is 29.3. The molecule has 2 heterocycles. The highest BCUT2D eigenvalue weighted by Crippen LogP contribution is 2.45. The van der Waals surface area contributed by atoms with Gasteiger partial charge < -0.3 is 14.9 Å². The van der Waals surface area contributed by atoms with E-state index in [0.717, 1.165) is 33.7 Å². The number of amides is 1. The number of hydrogen-bond acceptors (Lipinski definition) is 9. The summed E-state index contributed by atoms with van der Waals surface area (Å²) in [5, 5.41) is 32.6. The van der Waals surface area contributed by atoms with Crippen LogP contribution in [-0.4, -0.2) is 38.7 Å². The predicted molar refractivity (Wildman–Crippen MR) is 169 cm³/mol. The molecular formula is C33H26FN3O5S2. The molecule has 44 heavy (non-hydrogen) atoms. The number of fused-ring (bicyclic) bond motifs is 1. The summed E-state index contributed by atoms with van der Waals surface area (Å²) < 4.78 is 20.6. The third kappa shape index (κ3) is 5.40. The second-order valence-electron chi connectivity index (χ2n) is 10.1. The Balaban J connectivity index is 1.40. The average Bonchev–Trinajstić information content (AvgIpc) is 3.60. The molecule has 1 fully saturated rings. The summed E-state index contributed by atoms with van der Waals surface area (Å²) in [5.41, 5.74) is 1.65. The number of halogens is 1. The molecule has 1 aromatic heterocycles. The number of aromatic hydroxyl groups is 1. The normalized spacial score (nSPS) is 16.2. The van der Waals surface area contributed by atoms with Gasteiger partial charge in [0.1, 0.15) is 11.6 Å². The maximum atomic E-state index is 14.5. The van der Waals surface area contributed by atoms with E-state index in [0.29, 0.717) is 21.2 Å². The standard InChI is InChI=1S/C33H26FN3O5S2/c1-3-42-26-16-20(13-14-25(26)38)28-27(29(39)21-12-11-18(2)24(34)15-21)30(40)31(41)37(28)32-35-36-33(44-32)43-17-22-9-6-8-19-7-4-5-10-23(19)22/h4-16,28,38-39H,3,17H2,1-2H3/b29-27-. The van der Waals surface area contributed by atoms with Gasteiger partial charge in [-0.25, -0.2) is 4.39 Å². The molecule has 1 unspecified atom stereocenters. The number of carbonyl (C=O) groups excluding carboxylic acids is 2. The van der Waals surface area contributed by atoms with Gasteiger partial charge >= 0.3 is 5.91 Å². The number of benzene rings is 4. The van der Waals surface area contributed by atoms with Gasteiger partial charge in [0, 0.05) is 11.3 Å². The van der Waals surface area contributed by atoms with E-state index in [1.165, 1.54) is 47.0 Å². The lowest BCUT2D eigenvalue weighted by molar-refractivity contribution is -0.132. The topological polar surface area (TPSA) is 113 Å². The Labute approximate surface area is 260 Å². The van der Waals surface area contributed by atoms with Gasteiger partial charge in [0.15, 0.2) is 15.8 Å². The third-order valence-corrected chi connectivity index (χ3v) is 9.43. The van der Waals surface area contributed by atoms with E-state index in [1.54, 1.807) is 13.8 Å². The van der Waals surface area contributed by atoms with Gasteiger partial charge in [-0.05, 0) is 59.5 Å². The molecule has 0 radical (unpaired) electrons. The van der Waals surface area contributed by atoms with E-state index in [-0.39, 0.29) is 34.4 Å². The first-order valence-corrected chi connectivity index (χ1v) is 15.5. The minimum atomic E-state index is -1.15. The SMILES string of the molecule is CCOc1cc(C2/C(=C(/O)c3ccc(C)c(F)c3)C(=O)C(=O)N2c2nnc(SCc3cccc4ccccc34)s2)ccc1O. The molecule has 11 heteroatoms. The number of anilines is 1. The number of phenols is 1. The van der Waals surface area contributed by atoms with Crippen molar-refractivity contribution in [3.05, 3.63) is 113 Å². The van der Waals surface area contributed by atoms with Gasteiger partial charge in [-0.1, -0.05) is 83.8 Å². The number of rotatable bonds is 8. The smallest absolute Gasteiger partial charge is 0.301 e. The number of ether oxygens (including phenoxy) is 1. The van der Waals surface area contributed by atoms with Crippen molar-refractivity contribution in [2.24, 2.45) is 0 Å². The molecule has 1 amide bonds. The van der Waals surface area contributed by atoms with Crippen LogP contribution in [0.4, 0.5) is 9.52 Å². The Morgan fingerprint density at radius 2 is 1.84 bits per heavy atom. The molecule has 1 aliphatic heterocycles. The first-order valence-electron chi connectivity index (χ1n) is 13.7. The number of aryl methyl sites for hydroxylation is 1. The fourth-order valence-electron chi connectivity index (χ4n) is 5.13. The lowest BCUT2D eigenvalue weighted by Gasteiger charge is -2.23. The Kier molecular flexibility index (Phi) is 8.07. The van der Waals surface area contributed by atoms with Gasteiger partial charge in [-0.15, -0.1) is 10.2 Å². The van der Waals surface area contributed by atoms with Crippen molar-refractivity contribution >= 4 is 56.5 Å². The van der Waals surface area contributed by atoms with Crippen molar-refractivity contribution in [3.8, 4) is 11.5 Å². The highest BCUT2D eigenvalue weighted by atomic mass is 32.2. The van der Waals surface area contributed by atoms with Crippen LogP contribution in [0.5, 0.6) is 11.5 Å². The van der Waals surface area contributed by atoms with Crippen LogP contribution in [0.25, 0.3) is 16.5 Å². The lowest BCUT2D eigenvalue weighted by Crippen LogP contribution is -2.29. The van der Waals surface area contributed by atoms with Gasteiger partial charge in [0.2, 0.25) is 5.13 Å². The fraction of sp³-hybridized carbons (Fsp3) is 0.152. The quantitative estimate of drug-likeness (QED) is 0.0613. The lowest BCUT2D eigenvalue weighted by atomic mass is 9.95. The maximum absolute atomic E-state index is 14.5. The zero-order valence-corrected chi connectivity index (χ0v) is 25.3. The van der Waals surface area contributed by atoms with E-state index in [4.69, 9.17) is 4.74 Å². The zero-order valence-electron chi connectivity index (χ0n) is 23.7. The van der Waals surface area contributed by atoms with Crippen LogP contribution < -0.4 is 9.64 Å². The average molecular weight is 628 g/mol. The second kappa shape index (κ2) is 12.1. The number of phenolic OH excluding ortho intramolecular Hbond substituents is 1. The van der Waals surface area contributed by atoms with Crippen molar-refractivity contribution in [1.82, 2.24) is 10.2 Å². The van der Waals surface area contributed by atoms with Gasteiger partial charge in [-0.3, -0.25) is 14.5 Å². The molecule has 222 valence electrons. The van der Waals surface area contributed by atoms with E-state index in [1.807, 2.05) is 24.3 Å². The van der Waals surface area contributed by atoms with Crippen LogP contribution in [-0.2, 0) is 15.3 Å². The van der Waals surface area contributed by atoms with Crippen molar-refractivity contribution in [3.63, 3.8) is 0 Å². The van der Waals surface area contributed by atoms with Crippen molar-refractivity contribution < 1.29 is 28.9 Å². The third-order valence-electron chi connectivity index (χ3n) is 7.32. The summed E-state index contributed by atoms with van der Waals surface area (Å²) in [6.45, 7) is 3.59. The zero-order chi connectivity index (χ0) is 31.0. The van der Waals surface area contributed by atoms with Gasteiger partial charge in [0.05, 0.1) is 18.2 Å². The number of thioether (sulfide) groups is 1. The van der Waals surface area contributed by atoms with Crippen molar-refractivity contribution in [2.45, 2.75) is 30.0 Å². The molecular weight excluding hydrogens is 602 g/mol. The van der Waals surface area contributed by atoms with Crippen LogP contribution in [0.2, 0.25) is 0 Å². The number of carbonyl (C=O) groups is 2. The first-order chi connectivity index (χ1) is 21.3. The van der Waals surface area contributed by atoms with E-state index < -0.39 is 29.3 Å². The molecule has 4 aromatic carbocycles. The number of ketones is 1. The minimum absolute atomic E-state index is 0.0449. The monoisotopic (exact) mass is 627 g/mol. The van der Waals surface area contributed by atoms with Crippen molar-refractivity contribution in [1.29, 1.82) is 0 Å². The summed E-state index contributed by atoms with van der Waals surface area (Å²) in [7, 11) is 0. The highest BCUT2D eigenvalue weighted by molar-refractivity contribution is 8.00. The number of aromatic nitrogens is 2. The Morgan fingerprint density at radius 1 is 1.05 bits per heavy atom. The summed E-state index contributed by atoms with van der Waals surface area (Å²) in [6.07, 6.45) is 0. The van der Waals surface area contributed by atoms with Gasteiger partial charge in [0.25, 0.3) is 5.78 Å². The second-order valence-corrected chi connectivity index (χ2v) is 12.2.